The van der Waals surface area contributed by atoms with Gasteiger partial charge >= 0.3 is 0 Å². The second-order valence-electron chi connectivity index (χ2n) is 5.77. The van der Waals surface area contributed by atoms with Gasteiger partial charge in [-0.15, -0.1) is 0 Å². The van der Waals surface area contributed by atoms with E-state index >= 15 is 0 Å². The summed E-state index contributed by atoms with van der Waals surface area (Å²) in [5, 5.41) is 4.77. The Bertz CT molecular complexity index is 305. The molecule has 2 aliphatic heterocycles. The fraction of sp³-hybridized carbons (Fsp3) is 0.923. The van der Waals surface area contributed by atoms with Gasteiger partial charge in [-0.05, 0) is 40.2 Å². The van der Waals surface area contributed by atoms with E-state index < -0.39 is 0 Å². The number of amidine groups is 1. The molecule has 1 N–H and O–H groups in total. The quantitative estimate of drug-likeness (QED) is 0.821. The van der Waals surface area contributed by atoms with Gasteiger partial charge in [0.05, 0.1) is 6.04 Å². The average molecular weight is 255 g/mol. The number of piperidine rings is 1. The lowest BCUT2D eigenvalue weighted by Crippen LogP contribution is -2.42. The van der Waals surface area contributed by atoms with Crippen LogP contribution in [-0.2, 0) is 0 Å². The van der Waals surface area contributed by atoms with E-state index in [1.54, 1.807) is 0 Å². The van der Waals surface area contributed by atoms with Crippen LogP contribution in [0, 0.1) is 0 Å². The van der Waals surface area contributed by atoms with Crippen molar-refractivity contribution in [3.8, 4) is 0 Å². The minimum absolute atomic E-state index is 0.264. The molecule has 2 rings (SSSR count). The van der Waals surface area contributed by atoms with E-state index in [4.69, 9.17) is 4.99 Å². The minimum Gasteiger partial charge on any atom is -0.359 e. The molecule has 0 saturated carbocycles. The van der Waals surface area contributed by atoms with Crippen molar-refractivity contribution in [2.45, 2.75) is 57.7 Å². The normalized spacial score (nSPS) is 41.8. The largest absolute Gasteiger partial charge is 0.359 e. The van der Waals surface area contributed by atoms with Crippen LogP contribution in [0.2, 0.25) is 0 Å². The lowest BCUT2D eigenvalue weighted by atomic mass is 10.00. The molecular formula is C13H25N3S. The molecule has 2 saturated heterocycles. The summed E-state index contributed by atoms with van der Waals surface area (Å²) in [5.41, 5.74) is 0.264. The highest BCUT2D eigenvalue weighted by Gasteiger charge is 2.31. The number of nitrogens with one attached hydrogen (secondary N) is 1. The predicted molar refractivity (Wildman–Crippen MR) is 76.8 cm³/mol. The Morgan fingerprint density at radius 2 is 2.35 bits per heavy atom. The summed E-state index contributed by atoms with van der Waals surface area (Å²) in [6.07, 6.45) is 3.57. The summed E-state index contributed by atoms with van der Waals surface area (Å²) >= 11 is 1.89. The first-order valence-corrected chi connectivity index (χ1v) is 7.70. The Morgan fingerprint density at radius 1 is 1.59 bits per heavy atom. The highest BCUT2D eigenvalue weighted by molar-refractivity contribution is 8.14. The zero-order chi connectivity index (χ0) is 12.5. The molecule has 0 spiro atoms. The van der Waals surface area contributed by atoms with Gasteiger partial charge in [0.1, 0.15) is 0 Å². The van der Waals surface area contributed by atoms with Gasteiger partial charge in [0.25, 0.3) is 0 Å². The van der Waals surface area contributed by atoms with Crippen LogP contribution in [0.1, 0.15) is 40.0 Å². The summed E-state index contributed by atoms with van der Waals surface area (Å²) in [6.45, 7) is 8.02. The van der Waals surface area contributed by atoms with E-state index in [0.29, 0.717) is 12.1 Å². The number of nitrogens with zero attached hydrogens (tertiary/aromatic N) is 2. The summed E-state index contributed by atoms with van der Waals surface area (Å²) in [7, 11) is 2.21. The second-order valence-corrected chi connectivity index (χ2v) is 6.73. The fourth-order valence-corrected chi connectivity index (χ4v) is 3.64. The molecule has 17 heavy (non-hydrogen) atoms. The summed E-state index contributed by atoms with van der Waals surface area (Å²) in [5.74, 6) is 1.16. The van der Waals surface area contributed by atoms with Crippen molar-refractivity contribution in [1.29, 1.82) is 0 Å². The van der Waals surface area contributed by atoms with E-state index in [9.17, 15) is 0 Å². The first-order chi connectivity index (χ1) is 8.02. The number of rotatable bonds is 2. The van der Waals surface area contributed by atoms with Crippen molar-refractivity contribution in [2.75, 3.05) is 19.3 Å². The molecule has 3 nitrogen and oxygen atoms in total. The Kier molecular flexibility index (Phi) is 4.03. The monoisotopic (exact) mass is 255 g/mol. The molecule has 2 heterocycles. The Balaban J connectivity index is 1.93. The lowest BCUT2D eigenvalue weighted by Gasteiger charge is -2.33. The molecule has 0 aromatic rings. The maximum absolute atomic E-state index is 4.91. The number of aliphatic imine (C=N–C) groups is 1. The lowest BCUT2D eigenvalue weighted by molar-refractivity contribution is 0.184. The van der Waals surface area contributed by atoms with E-state index in [1.165, 1.54) is 31.0 Å². The van der Waals surface area contributed by atoms with Crippen molar-refractivity contribution in [3.63, 3.8) is 0 Å². The maximum atomic E-state index is 4.91. The number of hydrogen-bond acceptors (Lipinski definition) is 3. The average Bonchev–Trinajstić information content (AvgIpc) is 2.67. The number of hydrogen-bond donors (Lipinski definition) is 1. The molecule has 98 valence electrons. The highest BCUT2D eigenvalue weighted by atomic mass is 32.2. The van der Waals surface area contributed by atoms with Crippen LogP contribution in [0.5, 0.6) is 0 Å². The third kappa shape index (κ3) is 3.16. The third-order valence-electron chi connectivity index (χ3n) is 4.20. The highest BCUT2D eigenvalue weighted by Crippen LogP contribution is 2.27. The minimum atomic E-state index is 0.264. The molecule has 0 amide bonds. The molecule has 2 aliphatic rings. The van der Waals surface area contributed by atoms with E-state index in [2.05, 4.69) is 38.0 Å². The van der Waals surface area contributed by atoms with Gasteiger partial charge < -0.3 is 10.2 Å². The van der Waals surface area contributed by atoms with Crippen LogP contribution < -0.4 is 5.32 Å². The SMILES string of the molecule is CCC1(C)CSC(=NC2CCN(C)C(C)C2)N1. The molecule has 0 aliphatic carbocycles. The molecule has 0 radical (unpaired) electrons. The van der Waals surface area contributed by atoms with Gasteiger partial charge in [0.2, 0.25) is 0 Å². The van der Waals surface area contributed by atoms with Crippen LogP contribution >= 0.6 is 11.8 Å². The van der Waals surface area contributed by atoms with Crippen LogP contribution in [0.15, 0.2) is 4.99 Å². The molecular weight excluding hydrogens is 230 g/mol. The number of thioether (sulfide) groups is 1. The van der Waals surface area contributed by atoms with Gasteiger partial charge in [-0.1, -0.05) is 18.7 Å². The van der Waals surface area contributed by atoms with Crippen molar-refractivity contribution in [1.82, 2.24) is 10.2 Å². The summed E-state index contributed by atoms with van der Waals surface area (Å²) in [4.78, 5) is 7.34. The molecule has 0 bridgehead atoms. The molecule has 0 aromatic carbocycles. The zero-order valence-corrected chi connectivity index (χ0v) is 12.3. The molecule has 3 atom stereocenters. The smallest absolute Gasteiger partial charge is 0.157 e. The van der Waals surface area contributed by atoms with Crippen LogP contribution in [0.4, 0.5) is 0 Å². The predicted octanol–water partition coefficient (Wildman–Crippen LogP) is 2.33. The first-order valence-electron chi connectivity index (χ1n) is 6.71. The van der Waals surface area contributed by atoms with Crippen molar-refractivity contribution in [2.24, 2.45) is 4.99 Å². The Hall–Kier alpha value is -0.220. The van der Waals surface area contributed by atoms with Gasteiger partial charge in [-0.3, -0.25) is 4.99 Å². The fourth-order valence-electron chi connectivity index (χ4n) is 2.37. The molecule has 4 heteroatoms. The van der Waals surface area contributed by atoms with Gasteiger partial charge in [0.15, 0.2) is 5.17 Å². The Morgan fingerprint density at radius 3 is 2.94 bits per heavy atom. The zero-order valence-electron chi connectivity index (χ0n) is 11.5. The standard InChI is InChI=1S/C13H25N3S/c1-5-13(3)9-17-12(15-13)14-11-6-7-16(4)10(2)8-11/h10-11H,5-9H2,1-4H3,(H,14,15). The Labute approximate surface area is 109 Å². The van der Waals surface area contributed by atoms with Gasteiger partial charge in [0, 0.05) is 23.9 Å². The summed E-state index contributed by atoms with van der Waals surface area (Å²) < 4.78 is 0. The molecule has 0 aromatic heterocycles. The van der Waals surface area contributed by atoms with Crippen LogP contribution in [-0.4, -0.2) is 47.0 Å². The maximum Gasteiger partial charge on any atom is 0.157 e. The number of likely N-dealkylation sites (tertiary alicyclic amines) is 1. The molecule has 3 unspecified atom stereocenters. The van der Waals surface area contributed by atoms with E-state index in [1.807, 2.05) is 11.8 Å². The van der Waals surface area contributed by atoms with E-state index in [0.717, 1.165) is 5.75 Å². The van der Waals surface area contributed by atoms with Crippen molar-refractivity contribution >= 4 is 16.9 Å². The van der Waals surface area contributed by atoms with Gasteiger partial charge in [-0.2, -0.15) is 0 Å². The topological polar surface area (TPSA) is 27.6 Å². The molecule has 2 fully saturated rings. The first kappa shape index (κ1) is 13.2. The second kappa shape index (κ2) is 5.19. The van der Waals surface area contributed by atoms with Crippen molar-refractivity contribution < 1.29 is 0 Å². The summed E-state index contributed by atoms with van der Waals surface area (Å²) in [6, 6.07) is 1.19. The van der Waals surface area contributed by atoms with Gasteiger partial charge in [-0.25, -0.2) is 0 Å². The van der Waals surface area contributed by atoms with Crippen LogP contribution in [0.25, 0.3) is 0 Å². The van der Waals surface area contributed by atoms with E-state index in [-0.39, 0.29) is 5.54 Å². The third-order valence-corrected chi connectivity index (χ3v) is 5.46. The van der Waals surface area contributed by atoms with Crippen LogP contribution in [0.3, 0.4) is 0 Å². The van der Waals surface area contributed by atoms with Crippen molar-refractivity contribution in [3.05, 3.63) is 0 Å².